The fraction of sp³-hybridized carbons (Fsp3) is 0.381. The molecular formula is C21H23FN2O4S. The van der Waals surface area contributed by atoms with Crippen molar-refractivity contribution in [3.8, 4) is 5.75 Å². The molecule has 1 fully saturated rings. The van der Waals surface area contributed by atoms with E-state index in [0.29, 0.717) is 24.6 Å². The predicted octanol–water partition coefficient (Wildman–Crippen LogP) is 4.83. The van der Waals surface area contributed by atoms with E-state index in [4.69, 9.17) is 14.2 Å². The molecule has 3 heterocycles. The van der Waals surface area contributed by atoms with Crippen molar-refractivity contribution in [2.45, 2.75) is 32.4 Å². The van der Waals surface area contributed by atoms with E-state index in [0.717, 1.165) is 41.3 Å². The summed E-state index contributed by atoms with van der Waals surface area (Å²) >= 11 is 1.58. The first-order valence-electron chi connectivity index (χ1n) is 9.51. The van der Waals surface area contributed by atoms with Gasteiger partial charge in [0.15, 0.2) is 0 Å². The Kier molecular flexibility index (Phi) is 5.73. The van der Waals surface area contributed by atoms with Gasteiger partial charge in [0.1, 0.15) is 17.7 Å². The minimum Gasteiger partial charge on any atom is -0.486 e. The van der Waals surface area contributed by atoms with Gasteiger partial charge in [-0.05, 0) is 43.3 Å². The predicted molar refractivity (Wildman–Crippen MR) is 109 cm³/mol. The third-order valence-corrected chi connectivity index (χ3v) is 6.00. The molecule has 0 aliphatic carbocycles. The molecule has 1 amide bonds. The van der Waals surface area contributed by atoms with Crippen LogP contribution in [0.1, 0.15) is 30.2 Å². The fourth-order valence-electron chi connectivity index (χ4n) is 3.56. The average Bonchev–Trinajstić information content (AvgIpc) is 3.20. The van der Waals surface area contributed by atoms with Gasteiger partial charge in [0.05, 0.1) is 31.6 Å². The average molecular weight is 418 g/mol. The van der Waals surface area contributed by atoms with E-state index >= 15 is 0 Å². The quantitative estimate of drug-likeness (QED) is 0.771. The summed E-state index contributed by atoms with van der Waals surface area (Å²) in [5.41, 5.74) is 3.16. The molecular weight excluding hydrogens is 395 g/mol. The molecule has 29 heavy (non-hydrogen) atoms. The summed E-state index contributed by atoms with van der Waals surface area (Å²) in [5, 5.41) is 5.36. The lowest BCUT2D eigenvalue weighted by molar-refractivity contribution is 0.00763. The van der Waals surface area contributed by atoms with Gasteiger partial charge in [-0.3, -0.25) is 4.90 Å². The summed E-state index contributed by atoms with van der Waals surface area (Å²) in [6.07, 6.45) is 1.24. The number of thiophene rings is 1. The third kappa shape index (κ3) is 4.09. The molecule has 2 aromatic rings. The van der Waals surface area contributed by atoms with Crippen LogP contribution < -0.4 is 10.1 Å². The Morgan fingerprint density at radius 3 is 3.00 bits per heavy atom. The Morgan fingerprint density at radius 2 is 2.24 bits per heavy atom. The zero-order valence-corrected chi connectivity index (χ0v) is 17.2. The number of rotatable bonds is 4. The van der Waals surface area contributed by atoms with Crippen LogP contribution in [0.2, 0.25) is 0 Å². The van der Waals surface area contributed by atoms with Crippen LogP contribution in [0.5, 0.6) is 5.75 Å². The van der Waals surface area contributed by atoms with E-state index in [2.05, 4.69) is 5.32 Å². The highest BCUT2D eigenvalue weighted by atomic mass is 32.1. The van der Waals surface area contributed by atoms with Gasteiger partial charge in [0.25, 0.3) is 0 Å². The van der Waals surface area contributed by atoms with Crippen molar-refractivity contribution >= 4 is 28.8 Å². The highest BCUT2D eigenvalue weighted by Gasteiger charge is 2.29. The number of fused-ring (bicyclic) bond motifs is 1. The molecule has 1 atom stereocenters. The Labute approximate surface area is 172 Å². The van der Waals surface area contributed by atoms with Gasteiger partial charge in [-0.15, -0.1) is 11.3 Å². The Bertz CT molecular complexity index is 937. The SMILES string of the molecule is COC(=O)N1Cc2sccc2C(Nc2ccc(F)cc2O[C@H]2CCCOC2)=C1C. The smallest absolute Gasteiger partial charge is 0.414 e. The normalized spacial score (nSPS) is 19.0. The van der Waals surface area contributed by atoms with Crippen molar-refractivity contribution in [1.29, 1.82) is 0 Å². The molecule has 6 nitrogen and oxygen atoms in total. The molecule has 0 saturated carbocycles. The number of carbonyl (C=O) groups is 1. The van der Waals surface area contributed by atoms with Gasteiger partial charge in [-0.2, -0.15) is 0 Å². The molecule has 1 aromatic carbocycles. The van der Waals surface area contributed by atoms with Crippen LogP contribution in [-0.4, -0.2) is 37.4 Å². The number of nitrogens with zero attached hydrogens (tertiary/aromatic N) is 1. The minimum atomic E-state index is -0.421. The third-order valence-electron chi connectivity index (χ3n) is 5.09. The summed E-state index contributed by atoms with van der Waals surface area (Å²) in [4.78, 5) is 14.9. The summed E-state index contributed by atoms with van der Waals surface area (Å²) in [5.74, 6) is 0.0526. The van der Waals surface area contributed by atoms with Crippen molar-refractivity contribution in [3.05, 3.63) is 51.6 Å². The number of halogens is 1. The van der Waals surface area contributed by atoms with Gasteiger partial charge in [0, 0.05) is 28.8 Å². The molecule has 1 aromatic heterocycles. The fourth-order valence-corrected chi connectivity index (χ4v) is 4.43. The number of amides is 1. The van der Waals surface area contributed by atoms with Crippen LogP contribution in [0.4, 0.5) is 14.9 Å². The molecule has 0 spiro atoms. The van der Waals surface area contributed by atoms with Crippen molar-refractivity contribution in [2.75, 3.05) is 25.6 Å². The molecule has 0 bridgehead atoms. The maximum Gasteiger partial charge on any atom is 0.414 e. The molecule has 1 N–H and O–H groups in total. The van der Waals surface area contributed by atoms with Crippen LogP contribution in [0.15, 0.2) is 35.3 Å². The second kappa shape index (κ2) is 8.42. The minimum absolute atomic E-state index is 0.115. The van der Waals surface area contributed by atoms with Crippen LogP contribution in [-0.2, 0) is 16.0 Å². The lowest BCUT2D eigenvalue weighted by Gasteiger charge is -2.30. The Morgan fingerprint density at radius 1 is 1.38 bits per heavy atom. The number of nitrogens with one attached hydrogen (secondary N) is 1. The molecule has 2 aliphatic heterocycles. The van der Waals surface area contributed by atoms with Crippen LogP contribution in [0, 0.1) is 5.82 Å². The first kappa shape index (κ1) is 19.7. The molecule has 4 rings (SSSR count). The number of allylic oxidation sites excluding steroid dienone is 1. The summed E-state index contributed by atoms with van der Waals surface area (Å²) in [7, 11) is 1.37. The maximum absolute atomic E-state index is 13.9. The van der Waals surface area contributed by atoms with Crippen LogP contribution >= 0.6 is 11.3 Å². The van der Waals surface area contributed by atoms with E-state index in [1.165, 1.54) is 19.2 Å². The molecule has 0 radical (unpaired) electrons. The maximum atomic E-state index is 13.9. The van der Waals surface area contributed by atoms with E-state index in [-0.39, 0.29) is 11.9 Å². The first-order valence-corrected chi connectivity index (χ1v) is 10.4. The number of benzene rings is 1. The standard InChI is InChI=1S/C21H23FN2O4S/c1-13-20(16-7-9-29-19(16)11-24(13)21(25)26-2)23-17-6-5-14(22)10-18(17)28-15-4-3-8-27-12-15/h5-7,9-10,15,23H,3-4,8,11-12H2,1-2H3/t15-/m0/s1. The molecule has 0 unspecified atom stereocenters. The van der Waals surface area contributed by atoms with Gasteiger partial charge in [-0.1, -0.05) is 0 Å². The zero-order chi connectivity index (χ0) is 20.4. The van der Waals surface area contributed by atoms with Crippen molar-refractivity contribution in [1.82, 2.24) is 4.90 Å². The zero-order valence-electron chi connectivity index (χ0n) is 16.4. The van der Waals surface area contributed by atoms with E-state index in [9.17, 15) is 9.18 Å². The number of methoxy groups -OCH3 is 1. The second-order valence-corrected chi connectivity index (χ2v) is 8.00. The topological polar surface area (TPSA) is 60.0 Å². The monoisotopic (exact) mass is 418 g/mol. The number of hydrogen-bond donors (Lipinski definition) is 1. The van der Waals surface area contributed by atoms with Crippen LogP contribution in [0.3, 0.4) is 0 Å². The van der Waals surface area contributed by atoms with Gasteiger partial charge >= 0.3 is 6.09 Å². The molecule has 154 valence electrons. The molecule has 8 heteroatoms. The van der Waals surface area contributed by atoms with Gasteiger partial charge in [0.2, 0.25) is 0 Å². The summed E-state index contributed by atoms with van der Waals surface area (Å²) in [6, 6.07) is 6.43. The van der Waals surface area contributed by atoms with E-state index in [1.807, 2.05) is 18.4 Å². The lowest BCUT2D eigenvalue weighted by atomic mass is 10.1. The van der Waals surface area contributed by atoms with Crippen molar-refractivity contribution < 1.29 is 23.4 Å². The van der Waals surface area contributed by atoms with E-state index in [1.54, 1.807) is 22.3 Å². The first-order chi connectivity index (χ1) is 14.1. The van der Waals surface area contributed by atoms with Gasteiger partial charge in [-0.25, -0.2) is 9.18 Å². The van der Waals surface area contributed by atoms with Crippen LogP contribution in [0.25, 0.3) is 5.70 Å². The number of carbonyl (C=O) groups excluding carboxylic acids is 1. The number of anilines is 1. The summed E-state index contributed by atoms with van der Waals surface area (Å²) in [6.45, 7) is 3.54. The lowest BCUT2D eigenvalue weighted by Crippen LogP contribution is -2.33. The van der Waals surface area contributed by atoms with Crippen molar-refractivity contribution in [2.24, 2.45) is 0 Å². The van der Waals surface area contributed by atoms with Gasteiger partial charge < -0.3 is 19.5 Å². The highest BCUT2D eigenvalue weighted by molar-refractivity contribution is 7.10. The Hall–Kier alpha value is -2.58. The highest BCUT2D eigenvalue weighted by Crippen LogP contribution is 2.38. The largest absolute Gasteiger partial charge is 0.486 e. The molecule has 1 saturated heterocycles. The van der Waals surface area contributed by atoms with E-state index < -0.39 is 6.09 Å². The Balaban J connectivity index is 1.67. The van der Waals surface area contributed by atoms with Crippen molar-refractivity contribution in [3.63, 3.8) is 0 Å². The molecule has 2 aliphatic rings. The number of hydrogen-bond acceptors (Lipinski definition) is 6. The summed E-state index contributed by atoms with van der Waals surface area (Å²) < 4.78 is 30.4. The second-order valence-electron chi connectivity index (χ2n) is 7.00. The number of ether oxygens (including phenoxy) is 3.